The van der Waals surface area contributed by atoms with Crippen LogP contribution in [-0.4, -0.2) is 27.5 Å². The van der Waals surface area contributed by atoms with E-state index in [9.17, 15) is 14.9 Å². The Bertz CT molecular complexity index is 1050. The summed E-state index contributed by atoms with van der Waals surface area (Å²) in [6.07, 6.45) is 2.03. The van der Waals surface area contributed by atoms with Crippen LogP contribution in [0.2, 0.25) is 0 Å². The third kappa shape index (κ3) is 5.46. The average Bonchev–Trinajstić information content (AvgIpc) is 3.09. The summed E-state index contributed by atoms with van der Waals surface area (Å²) in [5.41, 5.74) is 1.04. The number of nitro groups is 1. The summed E-state index contributed by atoms with van der Waals surface area (Å²) in [7, 11) is 0. The Morgan fingerprint density at radius 2 is 2.03 bits per heavy atom. The standard InChI is InChI=1S/C19H18N4O4S2/c1-2-3-10-27-14-7-4-12(5-8-14)17(24)21-18(28)22-19-20-15-9-6-13(23(25)26)11-16(15)29-19/h4-9,11H,2-3,10H2,1H3,(H2,20,21,22,24,28). The van der Waals surface area contributed by atoms with E-state index in [0.717, 1.165) is 12.8 Å². The number of thiazole rings is 1. The molecule has 2 aromatic carbocycles. The summed E-state index contributed by atoms with van der Waals surface area (Å²) in [4.78, 5) is 27.1. The van der Waals surface area contributed by atoms with Crippen LogP contribution in [0.4, 0.5) is 10.8 Å². The van der Waals surface area contributed by atoms with Gasteiger partial charge in [-0.05, 0) is 49.0 Å². The van der Waals surface area contributed by atoms with Crippen LogP contribution < -0.4 is 15.4 Å². The second-order valence-corrected chi connectivity index (χ2v) is 7.50. The molecule has 0 saturated carbocycles. The molecular formula is C19H18N4O4S2. The molecule has 0 aliphatic heterocycles. The molecule has 0 aliphatic rings. The van der Waals surface area contributed by atoms with Crippen molar-refractivity contribution in [1.29, 1.82) is 0 Å². The molecule has 0 saturated heterocycles. The quantitative estimate of drug-likeness (QED) is 0.246. The number of nitrogens with one attached hydrogen (secondary N) is 2. The number of nitrogens with zero attached hydrogens (tertiary/aromatic N) is 2. The molecule has 3 rings (SSSR count). The molecule has 0 aliphatic carbocycles. The smallest absolute Gasteiger partial charge is 0.270 e. The van der Waals surface area contributed by atoms with Crippen molar-refractivity contribution in [3.63, 3.8) is 0 Å². The number of carbonyl (C=O) groups excluding carboxylic acids is 1. The third-order valence-electron chi connectivity index (χ3n) is 3.91. The summed E-state index contributed by atoms with van der Waals surface area (Å²) < 4.78 is 6.22. The predicted octanol–water partition coefficient (Wildman–Crippen LogP) is 4.51. The fraction of sp³-hybridized carbons (Fsp3) is 0.211. The van der Waals surface area contributed by atoms with Gasteiger partial charge >= 0.3 is 0 Å². The lowest BCUT2D eigenvalue weighted by Crippen LogP contribution is -2.34. The van der Waals surface area contributed by atoms with E-state index in [4.69, 9.17) is 17.0 Å². The Balaban J connectivity index is 1.59. The number of hydrogen-bond acceptors (Lipinski definition) is 7. The molecule has 1 heterocycles. The molecule has 0 unspecified atom stereocenters. The molecule has 3 aromatic rings. The lowest BCUT2D eigenvalue weighted by atomic mass is 10.2. The lowest BCUT2D eigenvalue weighted by Gasteiger charge is -2.08. The Morgan fingerprint density at radius 3 is 2.72 bits per heavy atom. The molecule has 0 bridgehead atoms. The summed E-state index contributed by atoms with van der Waals surface area (Å²) in [5.74, 6) is 0.346. The van der Waals surface area contributed by atoms with Crippen LogP contribution in [0, 0.1) is 10.1 Å². The van der Waals surface area contributed by atoms with Crippen LogP contribution in [-0.2, 0) is 0 Å². The highest BCUT2D eigenvalue weighted by molar-refractivity contribution is 7.80. The van der Waals surface area contributed by atoms with E-state index < -0.39 is 4.92 Å². The van der Waals surface area contributed by atoms with Gasteiger partial charge in [0.2, 0.25) is 0 Å². The van der Waals surface area contributed by atoms with E-state index >= 15 is 0 Å². The average molecular weight is 431 g/mol. The number of fused-ring (bicyclic) bond motifs is 1. The van der Waals surface area contributed by atoms with Crippen molar-refractivity contribution < 1.29 is 14.5 Å². The molecule has 0 radical (unpaired) electrons. The Kier molecular flexibility index (Phi) is 6.68. The van der Waals surface area contributed by atoms with Gasteiger partial charge in [0.05, 0.1) is 21.7 Å². The van der Waals surface area contributed by atoms with Gasteiger partial charge in [0.15, 0.2) is 10.2 Å². The second-order valence-electron chi connectivity index (χ2n) is 6.06. The van der Waals surface area contributed by atoms with Crippen molar-refractivity contribution in [2.24, 2.45) is 0 Å². The second kappa shape index (κ2) is 9.39. The number of aromatic nitrogens is 1. The van der Waals surface area contributed by atoms with E-state index in [2.05, 4.69) is 22.5 Å². The molecular weight excluding hydrogens is 412 g/mol. The zero-order valence-electron chi connectivity index (χ0n) is 15.5. The van der Waals surface area contributed by atoms with Crippen molar-refractivity contribution in [3.05, 3.63) is 58.1 Å². The number of benzene rings is 2. The predicted molar refractivity (Wildman–Crippen MR) is 117 cm³/mol. The van der Waals surface area contributed by atoms with Gasteiger partial charge in [0.1, 0.15) is 5.75 Å². The van der Waals surface area contributed by atoms with Crippen molar-refractivity contribution in [2.45, 2.75) is 19.8 Å². The highest BCUT2D eigenvalue weighted by atomic mass is 32.1. The van der Waals surface area contributed by atoms with Crippen LogP contribution >= 0.6 is 23.6 Å². The van der Waals surface area contributed by atoms with Crippen molar-refractivity contribution in [1.82, 2.24) is 10.3 Å². The molecule has 0 atom stereocenters. The van der Waals surface area contributed by atoms with Crippen molar-refractivity contribution in [3.8, 4) is 5.75 Å². The van der Waals surface area contributed by atoms with Gasteiger partial charge in [-0.25, -0.2) is 4.98 Å². The van der Waals surface area contributed by atoms with E-state index in [1.54, 1.807) is 30.3 Å². The summed E-state index contributed by atoms with van der Waals surface area (Å²) in [6, 6.07) is 11.2. The first-order valence-electron chi connectivity index (χ1n) is 8.86. The minimum atomic E-state index is -0.461. The summed E-state index contributed by atoms with van der Waals surface area (Å²) >= 11 is 6.38. The molecule has 1 amide bonds. The zero-order valence-corrected chi connectivity index (χ0v) is 17.1. The fourth-order valence-corrected chi connectivity index (χ4v) is 3.58. The minimum absolute atomic E-state index is 0.00861. The first-order chi connectivity index (χ1) is 14.0. The van der Waals surface area contributed by atoms with Crippen LogP contribution in [0.1, 0.15) is 30.1 Å². The number of thiocarbonyl (C=S) groups is 1. The van der Waals surface area contributed by atoms with Crippen LogP contribution in [0.5, 0.6) is 5.75 Å². The van der Waals surface area contributed by atoms with Crippen LogP contribution in [0.3, 0.4) is 0 Å². The van der Waals surface area contributed by atoms with E-state index in [1.165, 1.54) is 23.5 Å². The van der Waals surface area contributed by atoms with Crippen LogP contribution in [0.15, 0.2) is 42.5 Å². The van der Waals surface area contributed by atoms with Crippen molar-refractivity contribution in [2.75, 3.05) is 11.9 Å². The van der Waals surface area contributed by atoms with Crippen molar-refractivity contribution >= 4 is 55.6 Å². The molecule has 1 aromatic heterocycles. The van der Waals surface area contributed by atoms with Gasteiger partial charge in [-0.3, -0.25) is 20.2 Å². The SMILES string of the molecule is CCCCOc1ccc(C(=O)NC(=S)Nc2nc3ccc([N+](=O)[O-])cc3s2)cc1. The number of rotatable bonds is 7. The van der Waals surface area contributed by atoms with E-state index in [0.29, 0.717) is 33.3 Å². The maximum atomic E-state index is 12.3. The lowest BCUT2D eigenvalue weighted by molar-refractivity contribution is -0.384. The monoisotopic (exact) mass is 430 g/mol. The Hall–Kier alpha value is -3.11. The number of unbranched alkanes of at least 4 members (excludes halogenated alkanes) is 1. The van der Waals surface area contributed by atoms with Gasteiger partial charge < -0.3 is 10.1 Å². The highest BCUT2D eigenvalue weighted by Crippen LogP contribution is 2.29. The number of ether oxygens (including phenoxy) is 1. The number of carbonyl (C=O) groups is 1. The fourth-order valence-electron chi connectivity index (χ4n) is 2.42. The molecule has 8 nitrogen and oxygen atoms in total. The number of non-ortho nitro benzene ring substituents is 1. The van der Waals surface area contributed by atoms with Gasteiger partial charge in [-0.15, -0.1) is 0 Å². The molecule has 150 valence electrons. The molecule has 29 heavy (non-hydrogen) atoms. The Morgan fingerprint density at radius 1 is 1.28 bits per heavy atom. The largest absolute Gasteiger partial charge is 0.494 e. The maximum absolute atomic E-state index is 12.3. The van der Waals surface area contributed by atoms with E-state index in [1.807, 2.05) is 0 Å². The molecule has 10 heteroatoms. The normalized spacial score (nSPS) is 10.5. The first-order valence-corrected chi connectivity index (χ1v) is 10.1. The number of amides is 1. The number of nitro benzene ring substituents is 1. The number of anilines is 1. The van der Waals surface area contributed by atoms with Gasteiger partial charge in [0, 0.05) is 17.7 Å². The van der Waals surface area contributed by atoms with E-state index in [-0.39, 0.29) is 16.7 Å². The van der Waals surface area contributed by atoms with Crippen LogP contribution in [0.25, 0.3) is 10.2 Å². The Labute approximate surface area is 176 Å². The summed E-state index contributed by atoms with van der Waals surface area (Å²) in [5, 5.41) is 16.8. The highest BCUT2D eigenvalue weighted by Gasteiger charge is 2.13. The van der Waals surface area contributed by atoms with Gasteiger partial charge in [-0.2, -0.15) is 0 Å². The topological polar surface area (TPSA) is 106 Å². The zero-order chi connectivity index (χ0) is 20.8. The minimum Gasteiger partial charge on any atom is -0.494 e. The first kappa shape index (κ1) is 20.6. The van der Waals surface area contributed by atoms with Gasteiger partial charge in [-0.1, -0.05) is 24.7 Å². The molecule has 2 N–H and O–H groups in total. The maximum Gasteiger partial charge on any atom is 0.270 e. The third-order valence-corrected chi connectivity index (χ3v) is 5.05. The summed E-state index contributed by atoms with van der Waals surface area (Å²) in [6.45, 7) is 2.73. The molecule has 0 fully saturated rings. The van der Waals surface area contributed by atoms with Gasteiger partial charge in [0.25, 0.3) is 11.6 Å². The number of hydrogen-bond donors (Lipinski definition) is 2. The molecule has 0 spiro atoms.